The van der Waals surface area contributed by atoms with Crippen LogP contribution in [0.4, 0.5) is 11.5 Å². The van der Waals surface area contributed by atoms with Crippen molar-refractivity contribution >= 4 is 39.8 Å². The Balaban J connectivity index is 1.15. The van der Waals surface area contributed by atoms with Crippen LogP contribution in [0.1, 0.15) is 26.2 Å². The zero-order valence-electron chi connectivity index (χ0n) is 20.1. The van der Waals surface area contributed by atoms with E-state index in [1.165, 1.54) is 0 Å². The number of benzene rings is 1. The minimum atomic E-state index is -0.462. The van der Waals surface area contributed by atoms with E-state index in [9.17, 15) is 9.90 Å². The molecule has 0 radical (unpaired) electrons. The van der Waals surface area contributed by atoms with Gasteiger partial charge in [0.25, 0.3) is 0 Å². The summed E-state index contributed by atoms with van der Waals surface area (Å²) in [5.74, 6) is 0.708. The number of aliphatic hydroxyl groups is 1. The molecule has 1 spiro atoms. The van der Waals surface area contributed by atoms with Crippen molar-refractivity contribution in [3.8, 4) is 0 Å². The highest BCUT2D eigenvalue weighted by molar-refractivity contribution is 6.34. The fourth-order valence-corrected chi connectivity index (χ4v) is 6.43. The Kier molecular flexibility index (Phi) is 5.92. The average molecular weight is 501 g/mol. The molecule has 0 bridgehead atoms. The number of rotatable bonds is 4. The first-order valence-electron chi connectivity index (χ1n) is 12.6. The first kappa shape index (κ1) is 23.4. The number of carbonyl (C=O) groups excluding carboxylic acids is 1. The molecule has 3 atom stereocenters. The number of carbonyl (C=O) groups is 1. The Morgan fingerprint density at radius 1 is 1.14 bits per heavy atom. The number of nitrogens with zero attached hydrogens (tertiary/aromatic N) is 3. The molecule has 1 unspecified atom stereocenters. The summed E-state index contributed by atoms with van der Waals surface area (Å²) in [6.07, 6.45) is 4.20. The maximum absolute atomic E-state index is 12.9. The first-order valence-corrected chi connectivity index (χ1v) is 13.0. The van der Waals surface area contributed by atoms with Gasteiger partial charge in [0.2, 0.25) is 5.91 Å². The number of hydrogen-bond donors (Lipinski definition) is 2. The van der Waals surface area contributed by atoms with Gasteiger partial charge in [0.05, 0.1) is 35.6 Å². The first-order chi connectivity index (χ1) is 16.9. The SMILES string of the molecule is C[C@]1(N2CCN(c3cc4cc(NC(=O)C5CC56CCOCC6)ncc4cc3Cl)CC2)COC[C@H]1O. The van der Waals surface area contributed by atoms with Gasteiger partial charge in [0.1, 0.15) is 5.82 Å². The van der Waals surface area contributed by atoms with Gasteiger partial charge in [-0.3, -0.25) is 9.69 Å². The Hall–Kier alpha value is -1.97. The van der Waals surface area contributed by atoms with Crippen molar-refractivity contribution < 1.29 is 19.4 Å². The number of aliphatic hydroxyl groups excluding tert-OH is 1. The van der Waals surface area contributed by atoms with Crippen LogP contribution in [0, 0.1) is 11.3 Å². The second-order valence-corrected chi connectivity index (χ2v) is 11.2. The molecule has 4 heterocycles. The molecule has 6 rings (SSSR count). The summed E-state index contributed by atoms with van der Waals surface area (Å²) >= 11 is 6.68. The third kappa shape index (κ3) is 4.19. The average Bonchev–Trinajstić information content (AvgIpc) is 3.44. The van der Waals surface area contributed by atoms with Crippen LogP contribution in [0.25, 0.3) is 10.8 Å². The number of piperazine rings is 1. The van der Waals surface area contributed by atoms with Gasteiger partial charge in [0, 0.05) is 56.9 Å². The molecule has 9 heteroatoms. The molecular formula is C26H33ClN4O4. The molecule has 2 N–H and O–H groups in total. The topological polar surface area (TPSA) is 87.2 Å². The number of pyridine rings is 1. The molecule has 1 amide bonds. The number of ether oxygens (including phenoxy) is 2. The van der Waals surface area contributed by atoms with Crippen LogP contribution in [0.2, 0.25) is 5.02 Å². The van der Waals surface area contributed by atoms with Crippen molar-refractivity contribution in [2.45, 2.75) is 37.8 Å². The number of anilines is 2. The van der Waals surface area contributed by atoms with Crippen molar-refractivity contribution in [1.29, 1.82) is 0 Å². The van der Waals surface area contributed by atoms with Crippen LogP contribution >= 0.6 is 11.6 Å². The third-order valence-electron chi connectivity index (χ3n) is 8.76. The second-order valence-electron chi connectivity index (χ2n) is 10.8. The van der Waals surface area contributed by atoms with E-state index in [1.54, 1.807) is 6.20 Å². The Labute approximate surface area is 210 Å². The van der Waals surface area contributed by atoms with Crippen molar-refractivity contribution in [2.75, 3.05) is 62.8 Å². The van der Waals surface area contributed by atoms with E-state index in [0.717, 1.165) is 75.1 Å². The molecule has 8 nitrogen and oxygen atoms in total. The number of hydrogen-bond acceptors (Lipinski definition) is 7. The van der Waals surface area contributed by atoms with Gasteiger partial charge in [-0.15, -0.1) is 0 Å². The van der Waals surface area contributed by atoms with Gasteiger partial charge in [-0.05, 0) is 55.2 Å². The van der Waals surface area contributed by atoms with Gasteiger partial charge in [-0.1, -0.05) is 11.6 Å². The van der Waals surface area contributed by atoms with Crippen LogP contribution in [0.15, 0.2) is 24.4 Å². The van der Waals surface area contributed by atoms with Crippen LogP contribution < -0.4 is 10.2 Å². The lowest BCUT2D eigenvalue weighted by molar-refractivity contribution is -0.118. The molecule has 4 aliphatic rings. The minimum Gasteiger partial charge on any atom is -0.389 e. The summed E-state index contributed by atoms with van der Waals surface area (Å²) in [4.78, 5) is 22.0. The Morgan fingerprint density at radius 3 is 2.63 bits per heavy atom. The van der Waals surface area contributed by atoms with E-state index in [2.05, 4.69) is 33.1 Å². The number of nitrogens with one attached hydrogen (secondary N) is 1. The van der Waals surface area contributed by atoms with Gasteiger partial charge in [-0.25, -0.2) is 4.98 Å². The zero-order chi connectivity index (χ0) is 24.2. The van der Waals surface area contributed by atoms with Crippen molar-refractivity contribution in [2.24, 2.45) is 11.3 Å². The molecule has 4 fully saturated rings. The summed E-state index contributed by atoms with van der Waals surface area (Å²) < 4.78 is 11.0. The van der Waals surface area contributed by atoms with E-state index < -0.39 is 6.10 Å². The lowest BCUT2D eigenvalue weighted by atomic mass is 9.93. The monoisotopic (exact) mass is 500 g/mol. The van der Waals surface area contributed by atoms with Crippen LogP contribution in [0.3, 0.4) is 0 Å². The van der Waals surface area contributed by atoms with Crippen molar-refractivity contribution in [3.63, 3.8) is 0 Å². The lowest BCUT2D eigenvalue weighted by Gasteiger charge is -2.45. The highest BCUT2D eigenvalue weighted by Crippen LogP contribution is 2.59. The number of aromatic nitrogens is 1. The van der Waals surface area contributed by atoms with E-state index in [1.807, 2.05) is 12.1 Å². The second kappa shape index (κ2) is 8.85. The molecule has 1 aliphatic carbocycles. The minimum absolute atomic E-state index is 0.0617. The van der Waals surface area contributed by atoms with E-state index in [4.69, 9.17) is 21.1 Å². The summed E-state index contributed by atoms with van der Waals surface area (Å²) in [5, 5.41) is 16.1. The molecule has 188 valence electrons. The largest absolute Gasteiger partial charge is 0.389 e. The summed E-state index contributed by atoms with van der Waals surface area (Å²) in [6, 6.07) is 5.98. The highest BCUT2D eigenvalue weighted by Gasteiger charge is 2.58. The smallest absolute Gasteiger partial charge is 0.229 e. The van der Waals surface area contributed by atoms with Crippen molar-refractivity contribution in [1.82, 2.24) is 9.88 Å². The van der Waals surface area contributed by atoms with E-state index in [0.29, 0.717) is 24.1 Å². The normalized spacial score (nSPS) is 30.7. The summed E-state index contributed by atoms with van der Waals surface area (Å²) in [5.41, 5.74) is 0.793. The van der Waals surface area contributed by atoms with Crippen molar-refractivity contribution in [3.05, 3.63) is 29.4 Å². The predicted molar refractivity (Wildman–Crippen MR) is 135 cm³/mol. The number of amides is 1. The zero-order valence-corrected chi connectivity index (χ0v) is 20.9. The van der Waals surface area contributed by atoms with Gasteiger partial charge >= 0.3 is 0 Å². The molecular weight excluding hydrogens is 468 g/mol. The van der Waals surface area contributed by atoms with E-state index >= 15 is 0 Å². The molecule has 1 aromatic carbocycles. The fourth-order valence-electron chi connectivity index (χ4n) is 6.14. The number of fused-ring (bicyclic) bond motifs is 1. The predicted octanol–water partition coefficient (Wildman–Crippen LogP) is 2.92. The van der Waals surface area contributed by atoms with Crippen LogP contribution in [-0.4, -0.2) is 85.1 Å². The maximum atomic E-state index is 12.9. The number of halogens is 1. The molecule has 1 saturated carbocycles. The maximum Gasteiger partial charge on any atom is 0.229 e. The molecule has 1 aromatic heterocycles. The third-order valence-corrected chi connectivity index (χ3v) is 9.07. The molecule has 3 aliphatic heterocycles. The quantitative estimate of drug-likeness (QED) is 0.667. The molecule has 2 aromatic rings. The highest BCUT2D eigenvalue weighted by atomic mass is 35.5. The molecule has 3 saturated heterocycles. The van der Waals surface area contributed by atoms with Gasteiger partial charge in [-0.2, -0.15) is 0 Å². The van der Waals surface area contributed by atoms with Gasteiger partial charge in [0.15, 0.2) is 0 Å². The Bertz CT molecular complexity index is 1130. The van der Waals surface area contributed by atoms with Crippen LogP contribution in [0.5, 0.6) is 0 Å². The van der Waals surface area contributed by atoms with Crippen LogP contribution in [-0.2, 0) is 14.3 Å². The Morgan fingerprint density at radius 2 is 1.91 bits per heavy atom. The fraction of sp³-hybridized carbons (Fsp3) is 0.615. The molecule has 35 heavy (non-hydrogen) atoms. The summed E-state index contributed by atoms with van der Waals surface area (Å²) in [6.45, 7) is 7.84. The summed E-state index contributed by atoms with van der Waals surface area (Å²) in [7, 11) is 0. The van der Waals surface area contributed by atoms with Gasteiger partial charge < -0.3 is 24.8 Å². The standard InChI is InChI=1S/C26H33ClN4O4/c1-25(16-35-15-22(25)32)31-6-4-30(5-7-31)21-11-17-12-23(28-14-18(17)10-20(21)27)29-24(33)19-13-26(19)2-8-34-9-3-26/h10-12,14,19,22,32H,2-9,13,15-16H2,1H3,(H,28,29,33)/t19?,22-,25+/m1/s1. The van der Waals surface area contributed by atoms with E-state index in [-0.39, 0.29) is 22.8 Å². The lowest BCUT2D eigenvalue weighted by Crippen LogP contribution is -2.60.